The summed E-state index contributed by atoms with van der Waals surface area (Å²) in [6.45, 7) is 15.2. The van der Waals surface area contributed by atoms with Gasteiger partial charge in [0.1, 0.15) is 0 Å². The molecule has 0 heterocycles. The zero-order valence-corrected chi connectivity index (χ0v) is 22.9. The summed E-state index contributed by atoms with van der Waals surface area (Å²) in [5.41, 5.74) is -1.52. The first kappa shape index (κ1) is 25.7. The Balaban J connectivity index is 1.64. The summed E-state index contributed by atoms with van der Waals surface area (Å²) in [5.74, 6) is -2.08. The highest BCUT2D eigenvalue weighted by atomic mass is 16.5. The molecule has 0 radical (unpaired) electrons. The van der Waals surface area contributed by atoms with Crippen molar-refractivity contribution < 1.29 is 25.2 Å². The van der Waals surface area contributed by atoms with E-state index < -0.39 is 28.2 Å². The highest BCUT2D eigenvalue weighted by molar-refractivity contribution is 5.77. The lowest BCUT2D eigenvalue weighted by Crippen LogP contribution is -2.68. The van der Waals surface area contributed by atoms with Gasteiger partial charge in [-0.3, -0.25) is 4.79 Å². The Morgan fingerprint density at radius 3 is 2.14 bits per heavy atom. The maximum atomic E-state index is 12.8. The van der Waals surface area contributed by atoms with Gasteiger partial charge in [-0.15, -0.1) is 0 Å². The molecule has 198 valence electrons. The van der Waals surface area contributed by atoms with E-state index in [4.69, 9.17) is 0 Å². The first-order valence-electron chi connectivity index (χ1n) is 14.0. The van der Waals surface area contributed by atoms with Crippen molar-refractivity contribution in [1.82, 2.24) is 0 Å². The Kier molecular flexibility index (Phi) is 5.25. The van der Waals surface area contributed by atoms with Crippen LogP contribution in [0.1, 0.15) is 106 Å². The maximum Gasteiger partial charge on any atom is 0.310 e. The van der Waals surface area contributed by atoms with Gasteiger partial charge in [-0.25, -0.2) is 0 Å². The molecule has 0 amide bonds. The van der Waals surface area contributed by atoms with Gasteiger partial charge in [0.15, 0.2) is 5.79 Å². The van der Waals surface area contributed by atoms with Crippen LogP contribution in [0.2, 0.25) is 0 Å². The molecule has 1 unspecified atom stereocenters. The predicted octanol–water partition coefficient (Wildman–Crippen LogP) is 5.52. The second kappa shape index (κ2) is 7.14. The van der Waals surface area contributed by atoms with E-state index in [1.54, 1.807) is 0 Å². The highest BCUT2D eigenvalue weighted by Gasteiger charge is 2.72. The summed E-state index contributed by atoms with van der Waals surface area (Å²) in [5, 5.41) is 44.2. The molecule has 5 aliphatic rings. The average Bonchev–Trinajstić information content (AvgIpc) is 2.74. The fraction of sp³-hybridized carbons (Fsp3) is 0.900. The summed E-state index contributed by atoms with van der Waals surface area (Å²) < 4.78 is 0. The molecule has 0 aromatic carbocycles. The first-order chi connectivity index (χ1) is 15.9. The second-order valence-corrected chi connectivity index (χ2v) is 14.9. The number of carboxylic acid groups (broad SMARTS) is 1. The largest absolute Gasteiger partial charge is 0.481 e. The Morgan fingerprint density at radius 2 is 1.51 bits per heavy atom. The van der Waals surface area contributed by atoms with E-state index in [2.05, 4.69) is 33.8 Å². The third kappa shape index (κ3) is 2.84. The zero-order valence-electron chi connectivity index (χ0n) is 22.9. The lowest BCUT2D eigenvalue weighted by Gasteiger charge is -2.72. The topological polar surface area (TPSA) is 98.0 Å². The van der Waals surface area contributed by atoms with Crippen molar-refractivity contribution in [2.45, 2.75) is 118 Å². The molecule has 0 bridgehead atoms. The fourth-order valence-electron chi connectivity index (χ4n) is 10.8. The molecule has 0 spiro atoms. The van der Waals surface area contributed by atoms with Crippen molar-refractivity contribution in [3.63, 3.8) is 0 Å². The molecule has 35 heavy (non-hydrogen) atoms. The lowest BCUT2D eigenvalue weighted by atomic mass is 9.33. The molecule has 5 heteroatoms. The summed E-state index contributed by atoms with van der Waals surface area (Å²) in [6, 6.07) is 0. The van der Waals surface area contributed by atoms with Crippen molar-refractivity contribution >= 4 is 5.97 Å². The van der Waals surface area contributed by atoms with Gasteiger partial charge in [-0.1, -0.05) is 53.2 Å². The van der Waals surface area contributed by atoms with Crippen LogP contribution < -0.4 is 0 Å². The van der Waals surface area contributed by atoms with Crippen LogP contribution in [0, 0.1) is 50.7 Å². The van der Waals surface area contributed by atoms with Crippen LogP contribution in [0.3, 0.4) is 0 Å². The maximum absolute atomic E-state index is 12.8. The molecule has 5 rings (SSSR count). The Hall–Kier alpha value is -0.910. The quantitative estimate of drug-likeness (QED) is 0.288. The normalized spacial score (nSPS) is 54.4. The number of hydrogen-bond donors (Lipinski definition) is 4. The minimum absolute atomic E-state index is 0.0137. The SMILES string of the molecule is C[C@@H]1CC[C@]2(C(=O)O)CC[C@]3(C)C(=CC[C@@H]4[C@@]5(C)CCC(O)(O)C(C)(C)C5CC[C@]43C)[C@@H]2[C@]1(C)O. The first-order valence-corrected chi connectivity index (χ1v) is 14.0. The number of aliphatic carboxylic acids is 1. The van der Waals surface area contributed by atoms with E-state index in [9.17, 15) is 25.2 Å². The van der Waals surface area contributed by atoms with Crippen LogP contribution in [0.25, 0.3) is 0 Å². The van der Waals surface area contributed by atoms with Crippen LogP contribution in [0.5, 0.6) is 0 Å². The van der Waals surface area contributed by atoms with E-state index >= 15 is 0 Å². The molecule has 4 N–H and O–H groups in total. The molecule has 9 atom stereocenters. The summed E-state index contributed by atoms with van der Waals surface area (Å²) in [4.78, 5) is 12.8. The van der Waals surface area contributed by atoms with Crippen LogP contribution in [-0.4, -0.2) is 37.8 Å². The van der Waals surface area contributed by atoms with Crippen LogP contribution in [0.4, 0.5) is 0 Å². The molecule has 0 aromatic heterocycles. The molecule has 5 aliphatic carbocycles. The summed E-state index contributed by atoms with van der Waals surface area (Å²) >= 11 is 0. The third-order valence-electron chi connectivity index (χ3n) is 13.7. The van der Waals surface area contributed by atoms with Gasteiger partial charge in [-0.05, 0) is 92.3 Å². The summed E-state index contributed by atoms with van der Waals surface area (Å²) in [6.07, 6.45) is 9.21. The number of rotatable bonds is 1. The number of carboxylic acids is 1. The number of fused-ring (bicyclic) bond motifs is 7. The minimum Gasteiger partial charge on any atom is -0.481 e. The smallest absolute Gasteiger partial charge is 0.310 e. The molecular weight excluding hydrogens is 440 g/mol. The van der Waals surface area contributed by atoms with Crippen LogP contribution in [-0.2, 0) is 4.79 Å². The van der Waals surface area contributed by atoms with Crippen molar-refractivity contribution in [3.8, 4) is 0 Å². The van der Waals surface area contributed by atoms with Crippen molar-refractivity contribution in [1.29, 1.82) is 0 Å². The number of allylic oxidation sites excluding steroid dienone is 1. The fourth-order valence-corrected chi connectivity index (χ4v) is 10.8. The molecular formula is C30H48O5. The van der Waals surface area contributed by atoms with Gasteiger partial charge in [0.2, 0.25) is 0 Å². The van der Waals surface area contributed by atoms with Gasteiger partial charge in [-0.2, -0.15) is 0 Å². The minimum atomic E-state index is -1.65. The second-order valence-electron chi connectivity index (χ2n) is 14.9. The molecule has 5 nitrogen and oxygen atoms in total. The predicted molar refractivity (Wildman–Crippen MR) is 135 cm³/mol. The van der Waals surface area contributed by atoms with Crippen molar-refractivity contribution in [3.05, 3.63) is 11.6 Å². The molecule has 0 aliphatic heterocycles. The van der Waals surface area contributed by atoms with E-state index in [1.807, 2.05) is 20.8 Å². The number of hydrogen-bond acceptors (Lipinski definition) is 4. The van der Waals surface area contributed by atoms with E-state index in [-0.39, 0.29) is 34.0 Å². The molecule has 4 fully saturated rings. The van der Waals surface area contributed by atoms with E-state index in [0.717, 1.165) is 38.5 Å². The summed E-state index contributed by atoms with van der Waals surface area (Å²) in [7, 11) is 0. The van der Waals surface area contributed by atoms with Gasteiger partial charge in [0.25, 0.3) is 0 Å². The monoisotopic (exact) mass is 488 g/mol. The van der Waals surface area contributed by atoms with E-state index in [0.29, 0.717) is 25.2 Å². The Morgan fingerprint density at radius 1 is 0.857 bits per heavy atom. The molecule has 0 saturated heterocycles. The van der Waals surface area contributed by atoms with E-state index in [1.165, 1.54) is 5.57 Å². The van der Waals surface area contributed by atoms with Gasteiger partial charge < -0.3 is 20.4 Å². The lowest BCUT2D eigenvalue weighted by molar-refractivity contribution is -0.312. The molecule has 4 saturated carbocycles. The zero-order chi connectivity index (χ0) is 26.0. The standard InChI is InChI=1S/C30H48O5/c1-18-10-13-29(23(31)32)16-15-26(5)19(22(29)28(18,7)33)8-9-21-25(4)14-17-30(34,35)24(2,3)20(25)11-12-27(21,26)6/h8,18,20-22,33-35H,9-17H2,1-7H3,(H,31,32)/t18-,20?,21-,22-,25+,26-,27-,28-,29+/m1/s1. The van der Waals surface area contributed by atoms with Gasteiger partial charge in [0, 0.05) is 17.8 Å². The van der Waals surface area contributed by atoms with Crippen molar-refractivity contribution in [2.24, 2.45) is 50.7 Å². The van der Waals surface area contributed by atoms with Crippen LogP contribution >= 0.6 is 0 Å². The van der Waals surface area contributed by atoms with Crippen molar-refractivity contribution in [2.75, 3.05) is 0 Å². The van der Waals surface area contributed by atoms with Gasteiger partial charge >= 0.3 is 5.97 Å². The number of aliphatic hydroxyl groups is 3. The third-order valence-corrected chi connectivity index (χ3v) is 13.7. The Bertz CT molecular complexity index is 964. The highest BCUT2D eigenvalue weighted by Crippen LogP contribution is 2.76. The number of carbonyl (C=O) groups is 1. The van der Waals surface area contributed by atoms with Crippen LogP contribution in [0.15, 0.2) is 11.6 Å². The van der Waals surface area contributed by atoms with Gasteiger partial charge in [0.05, 0.1) is 11.0 Å². The average molecular weight is 489 g/mol. The Labute approximate surface area is 211 Å². The molecule has 0 aromatic rings.